The molecule has 2 rings (SSSR count). The molecule has 1 aromatic heterocycles. The van der Waals surface area contributed by atoms with Crippen LogP contribution in [0.2, 0.25) is 0 Å². The molecule has 1 N–H and O–H groups in total. The summed E-state index contributed by atoms with van der Waals surface area (Å²) in [6.07, 6.45) is 6.75. The van der Waals surface area contributed by atoms with Gasteiger partial charge in [-0.3, -0.25) is 0 Å². The molecule has 0 saturated carbocycles. The Balaban J connectivity index is 1.85. The van der Waals surface area contributed by atoms with Gasteiger partial charge in [0.1, 0.15) is 5.76 Å². The van der Waals surface area contributed by atoms with Gasteiger partial charge in [-0.25, -0.2) is 0 Å². The third-order valence-electron chi connectivity index (χ3n) is 3.64. The molecule has 17 heavy (non-hydrogen) atoms. The summed E-state index contributed by atoms with van der Waals surface area (Å²) in [5, 5.41) is 3.71. The first-order valence-corrected chi connectivity index (χ1v) is 6.96. The van der Waals surface area contributed by atoms with Crippen LogP contribution in [0, 0.1) is 11.8 Å². The molecule has 0 saturated heterocycles. The summed E-state index contributed by atoms with van der Waals surface area (Å²) < 4.78 is 5.52. The Kier molecular flexibility index (Phi) is 4.27. The van der Waals surface area contributed by atoms with E-state index in [0.717, 1.165) is 24.8 Å². The molecule has 2 atom stereocenters. The van der Waals surface area contributed by atoms with Gasteiger partial charge in [-0.1, -0.05) is 20.8 Å². The topological polar surface area (TPSA) is 25.2 Å². The lowest BCUT2D eigenvalue weighted by Crippen LogP contribution is -2.29. The zero-order chi connectivity index (χ0) is 12.3. The van der Waals surface area contributed by atoms with Crippen LogP contribution in [0.15, 0.2) is 16.7 Å². The zero-order valence-corrected chi connectivity index (χ0v) is 11.3. The van der Waals surface area contributed by atoms with Crippen molar-refractivity contribution in [1.29, 1.82) is 0 Å². The second-order valence-corrected chi connectivity index (χ2v) is 5.89. The Morgan fingerprint density at radius 3 is 3.00 bits per heavy atom. The Morgan fingerprint density at radius 2 is 2.24 bits per heavy atom. The minimum Gasteiger partial charge on any atom is -0.469 e. The molecule has 0 aliphatic heterocycles. The van der Waals surface area contributed by atoms with Crippen molar-refractivity contribution in [3.8, 4) is 0 Å². The molecule has 1 heterocycles. The lowest BCUT2D eigenvalue weighted by molar-refractivity contribution is 0.360. The molecule has 0 bridgehead atoms. The predicted molar refractivity (Wildman–Crippen MR) is 71.0 cm³/mol. The first-order valence-electron chi connectivity index (χ1n) is 6.96. The second-order valence-electron chi connectivity index (χ2n) is 5.89. The number of rotatable bonds is 5. The largest absolute Gasteiger partial charge is 0.469 e. The number of furan rings is 1. The predicted octanol–water partition coefficient (Wildman–Crippen LogP) is 3.93. The van der Waals surface area contributed by atoms with E-state index in [1.54, 1.807) is 0 Å². The van der Waals surface area contributed by atoms with Crippen LogP contribution in [0.3, 0.4) is 0 Å². The molecule has 0 radical (unpaired) electrons. The molecule has 1 aliphatic carbocycles. The van der Waals surface area contributed by atoms with Crippen LogP contribution in [-0.2, 0) is 6.42 Å². The van der Waals surface area contributed by atoms with E-state index in [1.807, 2.05) is 6.26 Å². The lowest BCUT2D eigenvalue weighted by Gasteiger charge is -2.25. The van der Waals surface area contributed by atoms with Gasteiger partial charge in [-0.05, 0) is 43.7 Å². The van der Waals surface area contributed by atoms with E-state index in [2.05, 4.69) is 32.2 Å². The summed E-state index contributed by atoms with van der Waals surface area (Å²) in [4.78, 5) is 0. The van der Waals surface area contributed by atoms with Gasteiger partial charge in [0.15, 0.2) is 0 Å². The lowest BCUT2D eigenvalue weighted by atomic mass is 9.92. The minimum absolute atomic E-state index is 0.520. The molecule has 2 unspecified atom stereocenters. The monoisotopic (exact) mass is 235 g/mol. The van der Waals surface area contributed by atoms with E-state index in [-0.39, 0.29) is 0 Å². The smallest absolute Gasteiger partial charge is 0.108 e. The molecule has 0 amide bonds. The van der Waals surface area contributed by atoms with Crippen molar-refractivity contribution in [2.24, 2.45) is 11.8 Å². The highest BCUT2D eigenvalue weighted by atomic mass is 16.3. The second kappa shape index (κ2) is 5.72. The third kappa shape index (κ3) is 3.35. The fourth-order valence-electron chi connectivity index (χ4n) is 2.93. The van der Waals surface area contributed by atoms with Crippen molar-refractivity contribution in [2.45, 2.75) is 52.5 Å². The molecular weight excluding hydrogens is 210 g/mol. The Morgan fingerprint density at radius 1 is 1.41 bits per heavy atom. The summed E-state index contributed by atoms with van der Waals surface area (Å²) in [6.45, 7) is 8.05. The van der Waals surface area contributed by atoms with Crippen molar-refractivity contribution in [1.82, 2.24) is 5.32 Å². The van der Waals surface area contributed by atoms with Gasteiger partial charge in [0.25, 0.3) is 0 Å². The van der Waals surface area contributed by atoms with Crippen LogP contribution in [0.4, 0.5) is 0 Å². The summed E-state index contributed by atoms with van der Waals surface area (Å²) >= 11 is 0. The van der Waals surface area contributed by atoms with E-state index in [9.17, 15) is 0 Å². The molecular formula is C15H25NO. The number of fused-ring (bicyclic) bond motifs is 1. The van der Waals surface area contributed by atoms with Crippen molar-refractivity contribution in [3.63, 3.8) is 0 Å². The van der Waals surface area contributed by atoms with Gasteiger partial charge < -0.3 is 9.73 Å². The van der Waals surface area contributed by atoms with Crippen molar-refractivity contribution >= 4 is 0 Å². The number of hydrogen-bond donors (Lipinski definition) is 1. The molecule has 2 heteroatoms. The van der Waals surface area contributed by atoms with Crippen LogP contribution in [0.5, 0.6) is 0 Å². The fraction of sp³-hybridized carbons (Fsp3) is 0.733. The number of aryl methyl sites for hydroxylation is 1. The molecule has 0 spiro atoms. The molecule has 0 aromatic carbocycles. The third-order valence-corrected chi connectivity index (χ3v) is 3.64. The maximum absolute atomic E-state index is 5.52. The zero-order valence-electron chi connectivity index (χ0n) is 11.3. The maximum atomic E-state index is 5.52. The van der Waals surface area contributed by atoms with Crippen LogP contribution in [0.1, 0.15) is 57.4 Å². The van der Waals surface area contributed by atoms with Crippen LogP contribution < -0.4 is 5.32 Å². The van der Waals surface area contributed by atoms with Crippen molar-refractivity contribution < 1.29 is 4.42 Å². The minimum atomic E-state index is 0.520. The Bertz CT molecular complexity index is 342. The summed E-state index contributed by atoms with van der Waals surface area (Å²) in [7, 11) is 0. The summed E-state index contributed by atoms with van der Waals surface area (Å²) in [5.74, 6) is 2.75. The summed E-state index contributed by atoms with van der Waals surface area (Å²) in [6, 6.07) is 2.66. The first kappa shape index (κ1) is 12.7. The molecule has 96 valence electrons. The highest BCUT2D eigenvalue weighted by Gasteiger charge is 2.22. The molecule has 0 fully saturated rings. The quantitative estimate of drug-likeness (QED) is 0.836. The maximum Gasteiger partial charge on any atom is 0.108 e. The van der Waals surface area contributed by atoms with Crippen LogP contribution >= 0.6 is 0 Å². The van der Waals surface area contributed by atoms with Gasteiger partial charge in [0.2, 0.25) is 0 Å². The van der Waals surface area contributed by atoms with E-state index in [0.29, 0.717) is 6.04 Å². The Hall–Kier alpha value is -0.760. The van der Waals surface area contributed by atoms with Gasteiger partial charge in [0, 0.05) is 18.0 Å². The van der Waals surface area contributed by atoms with E-state index < -0.39 is 0 Å². The van der Waals surface area contributed by atoms with Gasteiger partial charge in [0.05, 0.1) is 6.26 Å². The van der Waals surface area contributed by atoms with Gasteiger partial charge in [-0.2, -0.15) is 0 Å². The number of nitrogens with one attached hydrogen (secondary N) is 1. The standard InChI is InChI=1S/C15H25NO/c1-11(2)9-12(3)10-16-14-5-4-6-15-13(14)7-8-17-15/h7-8,11-12,14,16H,4-6,9-10H2,1-3H3. The van der Waals surface area contributed by atoms with E-state index in [4.69, 9.17) is 4.42 Å². The highest BCUT2D eigenvalue weighted by Crippen LogP contribution is 2.30. The van der Waals surface area contributed by atoms with Gasteiger partial charge in [-0.15, -0.1) is 0 Å². The molecule has 2 nitrogen and oxygen atoms in total. The molecule has 1 aliphatic rings. The van der Waals surface area contributed by atoms with E-state index in [1.165, 1.54) is 30.6 Å². The highest BCUT2D eigenvalue weighted by molar-refractivity contribution is 5.23. The Labute approximate surface area is 105 Å². The van der Waals surface area contributed by atoms with Crippen molar-refractivity contribution in [3.05, 3.63) is 23.7 Å². The number of hydrogen-bond acceptors (Lipinski definition) is 2. The SMILES string of the molecule is CC(C)CC(C)CNC1CCCc2occc21. The van der Waals surface area contributed by atoms with Crippen LogP contribution in [0.25, 0.3) is 0 Å². The average molecular weight is 235 g/mol. The normalized spacial score (nSPS) is 21.5. The van der Waals surface area contributed by atoms with Gasteiger partial charge >= 0.3 is 0 Å². The first-order chi connectivity index (χ1) is 8.16. The van der Waals surface area contributed by atoms with Crippen molar-refractivity contribution in [2.75, 3.05) is 6.54 Å². The van der Waals surface area contributed by atoms with Crippen LogP contribution in [-0.4, -0.2) is 6.54 Å². The average Bonchev–Trinajstić information content (AvgIpc) is 2.73. The fourth-order valence-corrected chi connectivity index (χ4v) is 2.93. The van der Waals surface area contributed by atoms with E-state index >= 15 is 0 Å². The summed E-state index contributed by atoms with van der Waals surface area (Å²) in [5.41, 5.74) is 1.40. The molecule has 1 aromatic rings.